The summed E-state index contributed by atoms with van der Waals surface area (Å²) < 4.78 is 0. The molecule has 150 valence electrons. The van der Waals surface area contributed by atoms with Crippen molar-refractivity contribution < 1.29 is 4.79 Å². The lowest BCUT2D eigenvalue weighted by molar-refractivity contribution is 0.0954. The maximum atomic E-state index is 12.5. The number of thioether (sulfide) groups is 1. The van der Waals surface area contributed by atoms with Gasteiger partial charge in [0.2, 0.25) is 0 Å². The normalized spacial score (nSPS) is 17.0. The predicted octanol–water partition coefficient (Wildman–Crippen LogP) is 3.67. The minimum atomic E-state index is 0.00961. The zero-order chi connectivity index (χ0) is 19.6. The average molecular weight is 398 g/mol. The summed E-state index contributed by atoms with van der Waals surface area (Å²) in [6.07, 6.45) is 6.74. The predicted molar refractivity (Wildman–Crippen MR) is 118 cm³/mol. The standard InChI is InChI=1S/C23H31N3OS/c1-2-28-14-13-26-12-9-21(18-26)15-20-5-3-7-22(16-20)23(27)25-11-8-19-6-4-10-24-17-19/h3-7,10,16-17,21H,2,8-9,11-15,18H2,1H3,(H,25,27). The second kappa shape index (κ2) is 11.2. The van der Waals surface area contributed by atoms with Crippen molar-refractivity contribution in [2.24, 2.45) is 5.92 Å². The number of likely N-dealkylation sites (tertiary alicyclic amines) is 1. The van der Waals surface area contributed by atoms with Crippen LogP contribution in [0.25, 0.3) is 0 Å². The highest BCUT2D eigenvalue weighted by Gasteiger charge is 2.22. The highest BCUT2D eigenvalue weighted by Crippen LogP contribution is 2.21. The van der Waals surface area contributed by atoms with E-state index in [1.54, 1.807) is 6.20 Å². The van der Waals surface area contributed by atoms with E-state index in [0.29, 0.717) is 12.5 Å². The van der Waals surface area contributed by atoms with Crippen LogP contribution in [0.15, 0.2) is 48.8 Å². The van der Waals surface area contributed by atoms with Gasteiger partial charge >= 0.3 is 0 Å². The third-order valence-electron chi connectivity index (χ3n) is 5.26. The summed E-state index contributed by atoms with van der Waals surface area (Å²) in [4.78, 5) is 19.2. The molecule has 0 bridgehead atoms. The van der Waals surface area contributed by atoms with E-state index in [4.69, 9.17) is 0 Å². The zero-order valence-electron chi connectivity index (χ0n) is 16.8. The Labute approximate surface area is 173 Å². The van der Waals surface area contributed by atoms with Crippen LogP contribution in [0.5, 0.6) is 0 Å². The monoisotopic (exact) mass is 397 g/mol. The lowest BCUT2D eigenvalue weighted by Crippen LogP contribution is -2.26. The molecular formula is C23H31N3OS. The van der Waals surface area contributed by atoms with E-state index in [1.807, 2.05) is 42.2 Å². The van der Waals surface area contributed by atoms with Crippen LogP contribution in [0.3, 0.4) is 0 Å². The number of hydrogen-bond acceptors (Lipinski definition) is 4. The van der Waals surface area contributed by atoms with Crippen LogP contribution >= 0.6 is 11.8 Å². The first-order valence-electron chi connectivity index (χ1n) is 10.3. The lowest BCUT2D eigenvalue weighted by Gasteiger charge is -2.15. The molecule has 0 aliphatic carbocycles. The summed E-state index contributed by atoms with van der Waals surface area (Å²) in [5, 5.41) is 3.03. The molecule has 5 heteroatoms. The van der Waals surface area contributed by atoms with E-state index in [0.717, 1.165) is 24.0 Å². The van der Waals surface area contributed by atoms with Crippen molar-refractivity contribution in [2.45, 2.75) is 26.2 Å². The fraction of sp³-hybridized carbons (Fsp3) is 0.478. The molecule has 0 saturated carbocycles. The number of aromatic nitrogens is 1. The summed E-state index contributed by atoms with van der Waals surface area (Å²) in [7, 11) is 0. The quantitative estimate of drug-likeness (QED) is 0.621. The minimum Gasteiger partial charge on any atom is -0.352 e. The van der Waals surface area contributed by atoms with Gasteiger partial charge in [-0.25, -0.2) is 0 Å². The Morgan fingerprint density at radius 2 is 2.18 bits per heavy atom. The fourth-order valence-corrected chi connectivity index (χ4v) is 4.44. The Morgan fingerprint density at radius 3 is 3.00 bits per heavy atom. The number of hydrogen-bond donors (Lipinski definition) is 1. The summed E-state index contributed by atoms with van der Waals surface area (Å²) in [6.45, 7) is 6.45. The van der Waals surface area contributed by atoms with Crippen LogP contribution in [0.4, 0.5) is 0 Å². The SMILES string of the molecule is CCSCCN1CCC(Cc2cccc(C(=O)NCCc3cccnc3)c2)C1. The summed E-state index contributed by atoms with van der Waals surface area (Å²) in [5.41, 5.74) is 3.17. The van der Waals surface area contributed by atoms with Crippen LogP contribution in [-0.2, 0) is 12.8 Å². The maximum Gasteiger partial charge on any atom is 0.251 e. The molecule has 2 aromatic rings. The molecule has 1 saturated heterocycles. The first-order chi connectivity index (χ1) is 13.7. The van der Waals surface area contributed by atoms with Gasteiger partial charge in [0, 0.05) is 43.3 Å². The van der Waals surface area contributed by atoms with Gasteiger partial charge in [-0.2, -0.15) is 11.8 Å². The third-order valence-corrected chi connectivity index (χ3v) is 6.14. The van der Waals surface area contributed by atoms with Crippen molar-refractivity contribution in [3.8, 4) is 0 Å². The highest BCUT2D eigenvalue weighted by atomic mass is 32.2. The second-order valence-electron chi connectivity index (χ2n) is 7.42. The number of rotatable bonds is 10. The number of carbonyl (C=O) groups excluding carboxylic acids is 1. The third kappa shape index (κ3) is 6.64. The minimum absolute atomic E-state index is 0.00961. The number of amides is 1. The molecule has 1 atom stereocenters. The molecule has 1 unspecified atom stereocenters. The van der Waals surface area contributed by atoms with E-state index < -0.39 is 0 Å². The average Bonchev–Trinajstić information content (AvgIpc) is 3.16. The van der Waals surface area contributed by atoms with Crippen LogP contribution in [0.1, 0.15) is 34.8 Å². The van der Waals surface area contributed by atoms with Gasteiger partial charge in [0.05, 0.1) is 0 Å². The molecule has 1 amide bonds. The van der Waals surface area contributed by atoms with Gasteiger partial charge in [-0.15, -0.1) is 0 Å². The van der Waals surface area contributed by atoms with Gasteiger partial charge in [-0.05, 0) is 66.8 Å². The van der Waals surface area contributed by atoms with E-state index in [9.17, 15) is 4.79 Å². The first kappa shape index (κ1) is 20.9. The van der Waals surface area contributed by atoms with Gasteiger partial charge in [-0.3, -0.25) is 9.78 Å². The van der Waals surface area contributed by atoms with Crippen molar-refractivity contribution in [1.29, 1.82) is 0 Å². The van der Waals surface area contributed by atoms with Crippen molar-refractivity contribution in [3.05, 3.63) is 65.5 Å². The molecule has 1 aliphatic rings. The second-order valence-corrected chi connectivity index (χ2v) is 8.82. The molecule has 1 aliphatic heterocycles. The van der Waals surface area contributed by atoms with Crippen LogP contribution in [0, 0.1) is 5.92 Å². The van der Waals surface area contributed by atoms with Crippen molar-refractivity contribution in [2.75, 3.05) is 37.7 Å². The molecule has 3 rings (SSSR count). The number of carbonyl (C=O) groups is 1. The Bertz CT molecular complexity index is 738. The van der Waals surface area contributed by atoms with E-state index >= 15 is 0 Å². The Kier molecular flexibility index (Phi) is 8.37. The zero-order valence-corrected chi connectivity index (χ0v) is 17.6. The lowest BCUT2D eigenvalue weighted by atomic mass is 9.97. The Balaban J connectivity index is 1.45. The van der Waals surface area contributed by atoms with Gasteiger partial charge in [0.25, 0.3) is 5.91 Å². The van der Waals surface area contributed by atoms with Crippen molar-refractivity contribution >= 4 is 17.7 Å². The number of nitrogens with one attached hydrogen (secondary N) is 1. The van der Waals surface area contributed by atoms with Crippen molar-refractivity contribution in [3.63, 3.8) is 0 Å². The molecule has 1 aromatic carbocycles. The van der Waals surface area contributed by atoms with E-state index in [2.05, 4.69) is 34.3 Å². The van der Waals surface area contributed by atoms with E-state index in [1.165, 1.54) is 43.1 Å². The number of benzene rings is 1. The molecular weight excluding hydrogens is 366 g/mol. The molecule has 1 aromatic heterocycles. The summed E-state index contributed by atoms with van der Waals surface area (Å²) in [6, 6.07) is 12.1. The van der Waals surface area contributed by atoms with E-state index in [-0.39, 0.29) is 5.91 Å². The number of pyridine rings is 1. The summed E-state index contributed by atoms with van der Waals surface area (Å²) >= 11 is 2.02. The van der Waals surface area contributed by atoms with Crippen LogP contribution < -0.4 is 5.32 Å². The van der Waals surface area contributed by atoms with Crippen LogP contribution in [0.2, 0.25) is 0 Å². The molecule has 0 spiro atoms. The number of nitrogens with zero attached hydrogens (tertiary/aromatic N) is 2. The highest BCUT2D eigenvalue weighted by molar-refractivity contribution is 7.99. The maximum absolute atomic E-state index is 12.5. The van der Waals surface area contributed by atoms with Gasteiger partial charge in [0.1, 0.15) is 0 Å². The van der Waals surface area contributed by atoms with Crippen LogP contribution in [-0.4, -0.2) is 53.5 Å². The molecule has 4 nitrogen and oxygen atoms in total. The molecule has 28 heavy (non-hydrogen) atoms. The Hall–Kier alpha value is -1.85. The largest absolute Gasteiger partial charge is 0.352 e. The fourth-order valence-electron chi connectivity index (χ4n) is 3.76. The van der Waals surface area contributed by atoms with Gasteiger partial charge in [0.15, 0.2) is 0 Å². The topological polar surface area (TPSA) is 45.2 Å². The van der Waals surface area contributed by atoms with Gasteiger partial charge in [-0.1, -0.05) is 25.1 Å². The summed E-state index contributed by atoms with van der Waals surface area (Å²) in [5.74, 6) is 3.15. The molecule has 0 radical (unpaired) electrons. The molecule has 1 N–H and O–H groups in total. The van der Waals surface area contributed by atoms with Crippen molar-refractivity contribution in [1.82, 2.24) is 15.2 Å². The Morgan fingerprint density at radius 1 is 1.29 bits per heavy atom. The van der Waals surface area contributed by atoms with Gasteiger partial charge < -0.3 is 10.2 Å². The first-order valence-corrected chi connectivity index (χ1v) is 11.5. The molecule has 2 heterocycles. The smallest absolute Gasteiger partial charge is 0.251 e. The molecule has 1 fully saturated rings.